The predicted octanol–water partition coefficient (Wildman–Crippen LogP) is 5.07. The molecule has 4 aromatic rings. The highest BCUT2D eigenvalue weighted by atomic mass is 35.5. The van der Waals surface area contributed by atoms with E-state index in [-0.39, 0.29) is 10.6 Å². The van der Waals surface area contributed by atoms with Gasteiger partial charge in [-0.15, -0.1) is 0 Å². The molecule has 0 bridgehead atoms. The Balaban J connectivity index is 1.80. The lowest BCUT2D eigenvalue weighted by atomic mass is 10.0. The maximum absolute atomic E-state index is 13.5. The zero-order valence-electron chi connectivity index (χ0n) is 18.7. The van der Waals surface area contributed by atoms with Crippen molar-refractivity contribution >= 4 is 44.1 Å². The average Bonchev–Trinajstić information content (AvgIpc) is 2.83. The second kappa shape index (κ2) is 9.42. The van der Waals surface area contributed by atoms with Gasteiger partial charge in [-0.25, -0.2) is 17.7 Å². The number of sulfonamides is 1. The summed E-state index contributed by atoms with van der Waals surface area (Å²) < 4.78 is 31.6. The lowest BCUT2D eigenvalue weighted by molar-refractivity contribution is 0.102. The van der Waals surface area contributed by atoms with Crippen LogP contribution in [-0.2, 0) is 10.0 Å². The van der Waals surface area contributed by atoms with E-state index in [9.17, 15) is 13.2 Å². The second-order valence-electron chi connectivity index (χ2n) is 7.68. The first kappa shape index (κ1) is 23.7. The standard InChI is InChI=1S/C25H22ClN3O4S/c1-29(2)34(31,32)18-12-13-24(33-3)23(14-18)28-25(30)20-15-22(16-8-10-17(26)11-9-16)27-21-7-5-4-6-19(20)21/h4-15H,1-3H3,(H,28,30). The third-order valence-corrected chi connectivity index (χ3v) is 7.36. The fraction of sp³-hybridized carbons (Fsp3) is 0.120. The molecule has 1 aromatic heterocycles. The van der Waals surface area contributed by atoms with Gasteiger partial charge in [-0.1, -0.05) is 41.9 Å². The molecule has 0 fully saturated rings. The molecule has 0 aliphatic carbocycles. The largest absolute Gasteiger partial charge is 0.495 e. The Bertz CT molecular complexity index is 1490. The highest BCUT2D eigenvalue weighted by Crippen LogP contribution is 2.31. The molecule has 34 heavy (non-hydrogen) atoms. The van der Waals surface area contributed by atoms with E-state index in [4.69, 9.17) is 21.3 Å². The monoisotopic (exact) mass is 495 g/mol. The fourth-order valence-electron chi connectivity index (χ4n) is 3.48. The summed E-state index contributed by atoms with van der Waals surface area (Å²) in [5, 5.41) is 4.07. The number of halogens is 1. The number of aromatic nitrogens is 1. The van der Waals surface area contributed by atoms with Crippen molar-refractivity contribution in [1.82, 2.24) is 9.29 Å². The van der Waals surface area contributed by atoms with Gasteiger partial charge in [-0.2, -0.15) is 0 Å². The molecule has 1 heterocycles. The number of hydrogen-bond acceptors (Lipinski definition) is 5. The summed E-state index contributed by atoms with van der Waals surface area (Å²) in [5.41, 5.74) is 2.69. The van der Waals surface area contributed by atoms with E-state index in [1.807, 2.05) is 36.4 Å². The Morgan fingerprint density at radius 2 is 1.71 bits per heavy atom. The van der Waals surface area contributed by atoms with Gasteiger partial charge in [0, 0.05) is 30.1 Å². The minimum absolute atomic E-state index is 0.0371. The van der Waals surface area contributed by atoms with Crippen molar-refractivity contribution in [3.05, 3.63) is 83.4 Å². The number of benzene rings is 3. The van der Waals surface area contributed by atoms with Crippen molar-refractivity contribution in [2.45, 2.75) is 4.90 Å². The van der Waals surface area contributed by atoms with E-state index in [0.29, 0.717) is 32.9 Å². The minimum atomic E-state index is -3.70. The van der Waals surface area contributed by atoms with Crippen molar-refractivity contribution in [3.63, 3.8) is 0 Å². The van der Waals surface area contributed by atoms with Gasteiger partial charge in [0.1, 0.15) is 5.75 Å². The van der Waals surface area contributed by atoms with Crippen molar-refractivity contribution in [2.24, 2.45) is 0 Å². The third kappa shape index (κ3) is 4.61. The SMILES string of the molecule is COc1ccc(S(=O)(=O)N(C)C)cc1NC(=O)c1cc(-c2ccc(Cl)cc2)nc2ccccc12. The molecule has 0 aliphatic heterocycles. The molecule has 0 saturated heterocycles. The quantitative estimate of drug-likeness (QED) is 0.403. The smallest absolute Gasteiger partial charge is 0.256 e. The van der Waals surface area contributed by atoms with Gasteiger partial charge >= 0.3 is 0 Å². The zero-order valence-corrected chi connectivity index (χ0v) is 20.3. The molecule has 0 aliphatic rings. The Labute approximate surface area is 203 Å². The van der Waals surface area contributed by atoms with Crippen LogP contribution in [0.15, 0.2) is 77.7 Å². The number of rotatable bonds is 6. The predicted molar refractivity (Wildman–Crippen MR) is 134 cm³/mol. The molecule has 0 atom stereocenters. The highest BCUT2D eigenvalue weighted by Gasteiger charge is 2.21. The van der Waals surface area contributed by atoms with E-state index >= 15 is 0 Å². The lowest BCUT2D eigenvalue weighted by Gasteiger charge is -2.16. The lowest BCUT2D eigenvalue weighted by Crippen LogP contribution is -2.22. The number of nitrogens with one attached hydrogen (secondary N) is 1. The molecular weight excluding hydrogens is 474 g/mol. The van der Waals surface area contributed by atoms with Crippen molar-refractivity contribution in [2.75, 3.05) is 26.5 Å². The topological polar surface area (TPSA) is 88.6 Å². The molecule has 0 saturated carbocycles. The van der Waals surface area contributed by atoms with Crippen LogP contribution in [0, 0.1) is 0 Å². The summed E-state index contributed by atoms with van der Waals surface area (Å²) in [6.07, 6.45) is 0. The minimum Gasteiger partial charge on any atom is -0.495 e. The number of nitrogens with zero attached hydrogens (tertiary/aromatic N) is 2. The fourth-order valence-corrected chi connectivity index (χ4v) is 4.53. The summed E-state index contributed by atoms with van der Waals surface area (Å²) >= 11 is 6.02. The first-order valence-corrected chi connectivity index (χ1v) is 12.1. The van der Waals surface area contributed by atoms with Crippen molar-refractivity contribution in [3.8, 4) is 17.0 Å². The van der Waals surface area contributed by atoms with Gasteiger partial charge in [0.05, 0.1) is 34.5 Å². The van der Waals surface area contributed by atoms with Crippen LogP contribution in [0.1, 0.15) is 10.4 Å². The number of ether oxygens (including phenoxy) is 1. The Kier molecular flexibility index (Phi) is 6.56. The first-order chi connectivity index (χ1) is 16.2. The summed E-state index contributed by atoms with van der Waals surface area (Å²) in [4.78, 5) is 18.2. The Morgan fingerprint density at radius 1 is 1.00 bits per heavy atom. The van der Waals surface area contributed by atoms with E-state index in [0.717, 1.165) is 9.87 Å². The van der Waals surface area contributed by atoms with E-state index in [1.165, 1.54) is 39.4 Å². The summed E-state index contributed by atoms with van der Waals surface area (Å²) in [6.45, 7) is 0. The van der Waals surface area contributed by atoms with Crippen LogP contribution >= 0.6 is 11.6 Å². The van der Waals surface area contributed by atoms with E-state index < -0.39 is 15.9 Å². The van der Waals surface area contributed by atoms with Gasteiger partial charge in [-0.05, 0) is 42.5 Å². The zero-order chi connectivity index (χ0) is 24.5. The normalized spacial score (nSPS) is 11.6. The number of methoxy groups -OCH3 is 1. The van der Waals surface area contributed by atoms with Crippen molar-refractivity contribution < 1.29 is 17.9 Å². The van der Waals surface area contributed by atoms with Gasteiger partial charge < -0.3 is 10.1 Å². The van der Waals surface area contributed by atoms with Gasteiger partial charge in [0.15, 0.2) is 0 Å². The molecule has 0 unspecified atom stereocenters. The van der Waals surface area contributed by atoms with Crippen LogP contribution in [0.2, 0.25) is 5.02 Å². The number of pyridine rings is 1. The number of para-hydroxylation sites is 1. The highest BCUT2D eigenvalue weighted by molar-refractivity contribution is 7.89. The van der Waals surface area contributed by atoms with Gasteiger partial charge in [0.2, 0.25) is 10.0 Å². The molecule has 174 valence electrons. The molecule has 0 radical (unpaired) electrons. The maximum Gasteiger partial charge on any atom is 0.256 e. The average molecular weight is 496 g/mol. The number of carbonyl (C=O) groups excluding carboxylic acids is 1. The first-order valence-electron chi connectivity index (χ1n) is 10.3. The van der Waals surface area contributed by atoms with E-state index in [2.05, 4.69) is 5.32 Å². The molecule has 7 nitrogen and oxygen atoms in total. The molecule has 9 heteroatoms. The number of amides is 1. The molecule has 4 rings (SSSR count). The van der Waals surface area contributed by atoms with Crippen LogP contribution in [-0.4, -0.2) is 44.8 Å². The van der Waals surface area contributed by atoms with Crippen LogP contribution in [0.3, 0.4) is 0 Å². The second-order valence-corrected chi connectivity index (χ2v) is 10.3. The number of anilines is 1. The number of hydrogen-bond donors (Lipinski definition) is 1. The van der Waals surface area contributed by atoms with Crippen LogP contribution in [0.4, 0.5) is 5.69 Å². The Hall–Kier alpha value is -3.46. The maximum atomic E-state index is 13.5. The number of fused-ring (bicyclic) bond motifs is 1. The van der Waals surface area contributed by atoms with Crippen molar-refractivity contribution in [1.29, 1.82) is 0 Å². The molecule has 1 N–H and O–H groups in total. The van der Waals surface area contributed by atoms with Crippen LogP contribution < -0.4 is 10.1 Å². The van der Waals surface area contributed by atoms with Crippen LogP contribution in [0.25, 0.3) is 22.2 Å². The third-order valence-electron chi connectivity index (χ3n) is 5.30. The van der Waals surface area contributed by atoms with E-state index in [1.54, 1.807) is 18.2 Å². The molecular formula is C25H22ClN3O4S. The molecule has 3 aromatic carbocycles. The summed E-state index contributed by atoms with van der Waals surface area (Å²) in [5.74, 6) is -0.0890. The summed E-state index contributed by atoms with van der Waals surface area (Å²) in [6, 6.07) is 20.5. The molecule has 0 spiro atoms. The van der Waals surface area contributed by atoms with Crippen LogP contribution in [0.5, 0.6) is 5.75 Å². The molecule has 1 amide bonds. The number of carbonyl (C=O) groups is 1. The Morgan fingerprint density at radius 3 is 2.38 bits per heavy atom. The van der Waals surface area contributed by atoms with Gasteiger partial charge in [-0.3, -0.25) is 4.79 Å². The summed E-state index contributed by atoms with van der Waals surface area (Å²) in [7, 11) is 0.637. The van der Waals surface area contributed by atoms with Gasteiger partial charge in [0.25, 0.3) is 5.91 Å².